The molecule has 0 saturated heterocycles. The van der Waals surface area contributed by atoms with Crippen LogP contribution in [-0.2, 0) is 28.6 Å². The van der Waals surface area contributed by atoms with E-state index in [9.17, 15) is 14.4 Å². The molecule has 0 aliphatic carbocycles. The third kappa shape index (κ3) is 57.9. The number of allylic oxidation sites excluding steroid dienone is 10. The van der Waals surface area contributed by atoms with E-state index in [1.165, 1.54) is 193 Å². The van der Waals surface area contributed by atoms with Crippen molar-refractivity contribution in [1.29, 1.82) is 0 Å². The fourth-order valence-corrected chi connectivity index (χ4v) is 8.84. The van der Waals surface area contributed by atoms with Crippen molar-refractivity contribution in [2.45, 2.75) is 322 Å². The summed E-state index contributed by atoms with van der Waals surface area (Å²) in [5, 5.41) is 0. The Kier molecular flexibility index (Phi) is 57.2. The van der Waals surface area contributed by atoms with E-state index in [0.29, 0.717) is 19.3 Å². The van der Waals surface area contributed by atoms with Crippen LogP contribution in [0.1, 0.15) is 316 Å². The highest BCUT2D eigenvalue weighted by atomic mass is 16.6. The SMILES string of the molecule is CCCCC/C=C\C/C=C\C/C=C\C/C=C\CCCC(=O)OC[C@H](COC(=O)CCCCCCCCCCCCCCCCCCCCCCC)OC(=O)CCCCCCC/C=C\CCCCCCCC. The van der Waals surface area contributed by atoms with Crippen molar-refractivity contribution in [3.63, 3.8) is 0 Å². The molecule has 0 unspecified atom stereocenters. The largest absolute Gasteiger partial charge is 0.462 e. The lowest BCUT2D eigenvalue weighted by Gasteiger charge is -2.18. The summed E-state index contributed by atoms with van der Waals surface area (Å²) < 4.78 is 16.9. The smallest absolute Gasteiger partial charge is 0.306 e. The fraction of sp³-hybridized carbons (Fsp3) is 0.800. The Morgan fingerprint density at radius 2 is 0.521 bits per heavy atom. The highest BCUT2D eigenvalue weighted by molar-refractivity contribution is 5.71. The first-order valence-electron chi connectivity index (χ1n) is 30.8. The van der Waals surface area contributed by atoms with Crippen LogP contribution >= 0.6 is 0 Å². The Morgan fingerprint density at radius 3 is 0.887 bits per heavy atom. The number of unbranched alkanes of at least 4 members (excludes halogenated alkanes) is 35. The Balaban J connectivity index is 4.39. The molecule has 0 spiro atoms. The van der Waals surface area contributed by atoms with Gasteiger partial charge >= 0.3 is 17.9 Å². The molecule has 0 rings (SSSR count). The van der Waals surface area contributed by atoms with Gasteiger partial charge in [-0.1, -0.05) is 274 Å². The topological polar surface area (TPSA) is 78.9 Å². The van der Waals surface area contributed by atoms with Gasteiger partial charge in [-0.2, -0.15) is 0 Å². The zero-order valence-electron chi connectivity index (χ0n) is 47.2. The lowest BCUT2D eigenvalue weighted by Crippen LogP contribution is -2.30. The molecule has 0 aromatic rings. The summed E-state index contributed by atoms with van der Waals surface area (Å²) in [6.07, 6.45) is 75.1. The minimum atomic E-state index is -0.799. The summed E-state index contributed by atoms with van der Waals surface area (Å²) in [5.41, 5.74) is 0. The number of hydrogen-bond acceptors (Lipinski definition) is 6. The van der Waals surface area contributed by atoms with E-state index < -0.39 is 6.10 Å². The van der Waals surface area contributed by atoms with Gasteiger partial charge in [-0.25, -0.2) is 0 Å². The minimum absolute atomic E-state index is 0.0916. The van der Waals surface area contributed by atoms with Gasteiger partial charge in [0.2, 0.25) is 0 Å². The van der Waals surface area contributed by atoms with Gasteiger partial charge in [-0.05, 0) is 83.5 Å². The lowest BCUT2D eigenvalue weighted by molar-refractivity contribution is -0.167. The summed E-state index contributed by atoms with van der Waals surface area (Å²) >= 11 is 0. The quantitative estimate of drug-likeness (QED) is 0.0261. The molecule has 0 amide bonds. The molecule has 0 radical (unpaired) electrons. The molecule has 0 aliphatic heterocycles. The summed E-state index contributed by atoms with van der Waals surface area (Å²) in [6, 6.07) is 0. The Hall–Kier alpha value is -2.89. The average molecular weight is 994 g/mol. The summed E-state index contributed by atoms with van der Waals surface area (Å²) in [6.45, 7) is 6.59. The Bertz CT molecular complexity index is 1280. The van der Waals surface area contributed by atoms with Crippen molar-refractivity contribution in [1.82, 2.24) is 0 Å². The van der Waals surface area contributed by atoms with Crippen molar-refractivity contribution in [2.24, 2.45) is 0 Å². The molecule has 0 heterocycles. The number of esters is 3. The maximum Gasteiger partial charge on any atom is 0.306 e. The molecular formula is C65H116O6. The molecule has 0 fully saturated rings. The molecule has 6 nitrogen and oxygen atoms in total. The van der Waals surface area contributed by atoms with Crippen molar-refractivity contribution in [2.75, 3.05) is 13.2 Å². The van der Waals surface area contributed by atoms with Crippen molar-refractivity contribution < 1.29 is 28.6 Å². The van der Waals surface area contributed by atoms with E-state index in [0.717, 1.165) is 77.0 Å². The average Bonchev–Trinajstić information content (AvgIpc) is 3.37. The van der Waals surface area contributed by atoms with Gasteiger partial charge in [-0.15, -0.1) is 0 Å². The van der Waals surface area contributed by atoms with Crippen molar-refractivity contribution in [3.05, 3.63) is 60.8 Å². The molecular weight excluding hydrogens is 877 g/mol. The van der Waals surface area contributed by atoms with Crippen LogP contribution < -0.4 is 0 Å². The second-order valence-corrected chi connectivity index (χ2v) is 20.6. The molecule has 0 saturated carbocycles. The van der Waals surface area contributed by atoms with E-state index in [4.69, 9.17) is 14.2 Å². The standard InChI is InChI=1S/C65H116O6/c1-4-7-10-13-16-19-22-25-28-30-31-32-33-35-38-40-43-46-49-52-55-58-64(67)70-61-62(71-65(68)59-56-53-50-47-44-41-36-27-24-21-18-15-12-9-6-3)60-69-63(66)57-54-51-48-45-42-39-37-34-29-26-23-20-17-14-11-8-5-2/h17,20,26-27,29,36-37,39,45,48,62H,4-16,18-19,21-25,28,30-35,38,40-44,46-47,49-61H2,1-3H3/b20-17-,29-26-,36-27-,39-37-,48-45-/t62-/m1/s1. The normalized spacial score (nSPS) is 12.4. The van der Waals surface area contributed by atoms with E-state index in [1.54, 1.807) is 0 Å². The maximum atomic E-state index is 12.9. The third-order valence-electron chi connectivity index (χ3n) is 13.5. The molecule has 0 aliphatic rings. The first-order valence-corrected chi connectivity index (χ1v) is 30.8. The highest BCUT2D eigenvalue weighted by Crippen LogP contribution is 2.17. The van der Waals surface area contributed by atoms with Gasteiger partial charge < -0.3 is 14.2 Å². The second kappa shape index (κ2) is 59.7. The van der Waals surface area contributed by atoms with Crippen LogP contribution in [0, 0.1) is 0 Å². The van der Waals surface area contributed by atoms with E-state index in [-0.39, 0.29) is 37.5 Å². The predicted molar refractivity (Wildman–Crippen MR) is 307 cm³/mol. The monoisotopic (exact) mass is 993 g/mol. The van der Waals surface area contributed by atoms with Crippen LogP contribution in [0.4, 0.5) is 0 Å². The first kappa shape index (κ1) is 68.1. The van der Waals surface area contributed by atoms with Crippen LogP contribution in [0.15, 0.2) is 60.8 Å². The summed E-state index contributed by atoms with van der Waals surface area (Å²) in [7, 11) is 0. The number of carbonyl (C=O) groups is 3. The number of hydrogen-bond donors (Lipinski definition) is 0. The van der Waals surface area contributed by atoms with Gasteiger partial charge in [0.15, 0.2) is 6.10 Å². The molecule has 0 aromatic heterocycles. The molecule has 6 heteroatoms. The number of rotatable bonds is 56. The highest BCUT2D eigenvalue weighted by Gasteiger charge is 2.19. The zero-order valence-corrected chi connectivity index (χ0v) is 47.2. The van der Waals surface area contributed by atoms with E-state index >= 15 is 0 Å². The van der Waals surface area contributed by atoms with Gasteiger partial charge in [0.1, 0.15) is 13.2 Å². The fourth-order valence-electron chi connectivity index (χ4n) is 8.84. The molecule has 0 N–H and O–H groups in total. The number of ether oxygens (including phenoxy) is 3. The van der Waals surface area contributed by atoms with Crippen LogP contribution in [0.3, 0.4) is 0 Å². The summed E-state index contributed by atoms with van der Waals surface area (Å²) in [5.74, 6) is -0.943. The lowest BCUT2D eigenvalue weighted by atomic mass is 10.0. The first-order chi connectivity index (χ1) is 35.0. The summed E-state index contributed by atoms with van der Waals surface area (Å²) in [4.78, 5) is 38.2. The third-order valence-corrected chi connectivity index (χ3v) is 13.5. The van der Waals surface area contributed by atoms with E-state index in [2.05, 4.69) is 81.5 Å². The van der Waals surface area contributed by atoms with Crippen molar-refractivity contribution in [3.8, 4) is 0 Å². The van der Waals surface area contributed by atoms with Crippen molar-refractivity contribution >= 4 is 17.9 Å². The van der Waals surface area contributed by atoms with Gasteiger partial charge in [0, 0.05) is 19.3 Å². The van der Waals surface area contributed by atoms with Crippen LogP contribution in [0.5, 0.6) is 0 Å². The Labute approximate surface area is 440 Å². The molecule has 412 valence electrons. The van der Waals surface area contributed by atoms with Gasteiger partial charge in [-0.3, -0.25) is 14.4 Å². The van der Waals surface area contributed by atoms with E-state index in [1.807, 2.05) is 0 Å². The van der Waals surface area contributed by atoms with Crippen LogP contribution in [-0.4, -0.2) is 37.2 Å². The molecule has 71 heavy (non-hydrogen) atoms. The molecule has 1 atom stereocenters. The van der Waals surface area contributed by atoms with Gasteiger partial charge in [0.05, 0.1) is 0 Å². The zero-order chi connectivity index (χ0) is 51.4. The maximum absolute atomic E-state index is 12.9. The molecule has 0 aromatic carbocycles. The Morgan fingerprint density at radius 1 is 0.282 bits per heavy atom. The molecule has 0 bridgehead atoms. The minimum Gasteiger partial charge on any atom is -0.462 e. The second-order valence-electron chi connectivity index (χ2n) is 20.6. The number of carbonyl (C=O) groups excluding carboxylic acids is 3. The predicted octanol–water partition coefficient (Wildman–Crippen LogP) is 20.8. The van der Waals surface area contributed by atoms with Gasteiger partial charge in [0.25, 0.3) is 0 Å². The van der Waals surface area contributed by atoms with Crippen LogP contribution in [0.2, 0.25) is 0 Å². The van der Waals surface area contributed by atoms with Crippen LogP contribution in [0.25, 0.3) is 0 Å².